The van der Waals surface area contributed by atoms with E-state index in [2.05, 4.69) is 10.4 Å². The lowest BCUT2D eigenvalue weighted by Gasteiger charge is -2.31. The van der Waals surface area contributed by atoms with Crippen LogP contribution < -0.4 is 10.5 Å². The standard InChI is InChI=1S/C21H29N5O4S/c1-14-19(15(2)25(3)24-14)8-9-20(27)26-12-10-16(11-13-26)21(28)23-17-4-6-18(7-5-17)31(22,29)30/h4-7,16H,8-13H2,1-3H3,(H,23,28)(H2,22,29,30). The topological polar surface area (TPSA) is 127 Å². The fourth-order valence-corrected chi connectivity index (χ4v) is 4.45. The summed E-state index contributed by atoms with van der Waals surface area (Å²) >= 11 is 0. The Morgan fingerprint density at radius 2 is 1.77 bits per heavy atom. The maximum absolute atomic E-state index is 12.6. The van der Waals surface area contributed by atoms with Crippen LogP contribution in [0, 0.1) is 19.8 Å². The molecule has 3 N–H and O–H groups in total. The van der Waals surface area contributed by atoms with Crippen LogP contribution in [0.4, 0.5) is 5.69 Å². The molecule has 1 aromatic carbocycles. The van der Waals surface area contributed by atoms with E-state index in [0.717, 1.165) is 17.0 Å². The number of rotatable bonds is 6. The Morgan fingerprint density at radius 1 is 1.16 bits per heavy atom. The van der Waals surface area contributed by atoms with Crippen molar-refractivity contribution in [2.24, 2.45) is 18.1 Å². The van der Waals surface area contributed by atoms with Gasteiger partial charge in [0.05, 0.1) is 10.6 Å². The number of amides is 2. The highest BCUT2D eigenvalue weighted by Crippen LogP contribution is 2.22. The summed E-state index contributed by atoms with van der Waals surface area (Å²) in [5, 5.41) is 12.3. The van der Waals surface area contributed by atoms with Crippen LogP contribution in [0.15, 0.2) is 29.2 Å². The first-order valence-electron chi connectivity index (χ1n) is 10.3. The SMILES string of the molecule is Cc1nn(C)c(C)c1CCC(=O)N1CCC(C(=O)Nc2ccc(S(N)(=O)=O)cc2)CC1. The van der Waals surface area contributed by atoms with Crippen LogP contribution in [0.25, 0.3) is 0 Å². The number of piperidine rings is 1. The average molecular weight is 448 g/mol. The molecule has 0 unspecified atom stereocenters. The van der Waals surface area contributed by atoms with Gasteiger partial charge >= 0.3 is 0 Å². The highest BCUT2D eigenvalue weighted by atomic mass is 32.2. The van der Waals surface area contributed by atoms with Crippen LogP contribution in [0.5, 0.6) is 0 Å². The summed E-state index contributed by atoms with van der Waals surface area (Å²) in [5.74, 6) is -0.220. The van der Waals surface area contributed by atoms with Gasteiger partial charge in [-0.3, -0.25) is 14.3 Å². The number of nitrogens with zero attached hydrogens (tertiary/aromatic N) is 3. The van der Waals surface area contributed by atoms with Crippen LogP contribution in [0.2, 0.25) is 0 Å². The number of nitrogens with two attached hydrogens (primary N) is 1. The second kappa shape index (κ2) is 9.19. The number of carbonyl (C=O) groups excluding carboxylic acids is 2. The maximum atomic E-state index is 12.6. The number of aryl methyl sites for hydroxylation is 2. The molecule has 1 aromatic heterocycles. The van der Waals surface area contributed by atoms with E-state index >= 15 is 0 Å². The molecule has 3 rings (SSSR count). The zero-order chi connectivity index (χ0) is 22.8. The molecular weight excluding hydrogens is 418 g/mol. The largest absolute Gasteiger partial charge is 0.343 e. The van der Waals surface area contributed by atoms with E-state index in [0.29, 0.717) is 44.5 Å². The minimum Gasteiger partial charge on any atom is -0.343 e. The van der Waals surface area contributed by atoms with Gasteiger partial charge in [-0.2, -0.15) is 5.10 Å². The number of sulfonamides is 1. The lowest BCUT2D eigenvalue weighted by molar-refractivity contribution is -0.134. The second-order valence-corrected chi connectivity index (χ2v) is 9.55. The number of aromatic nitrogens is 2. The van der Waals surface area contributed by atoms with Gasteiger partial charge in [0.2, 0.25) is 21.8 Å². The van der Waals surface area contributed by atoms with Crippen molar-refractivity contribution in [2.45, 2.75) is 44.4 Å². The Balaban J connectivity index is 1.48. The third kappa shape index (κ3) is 5.50. The molecule has 0 aliphatic carbocycles. The summed E-state index contributed by atoms with van der Waals surface area (Å²) in [6.45, 7) is 5.06. The highest BCUT2D eigenvalue weighted by molar-refractivity contribution is 7.89. The molecule has 9 nitrogen and oxygen atoms in total. The molecule has 2 amide bonds. The Morgan fingerprint density at radius 3 is 2.29 bits per heavy atom. The summed E-state index contributed by atoms with van der Waals surface area (Å²) in [5.41, 5.74) is 3.68. The average Bonchev–Trinajstić information content (AvgIpc) is 2.97. The minimum absolute atomic E-state index is 0.00556. The Labute approximate surface area is 182 Å². The van der Waals surface area contributed by atoms with Gasteiger partial charge in [-0.1, -0.05) is 0 Å². The molecule has 2 aromatic rings. The highest BCUT2D eigenvalue weighted by Gasteiger charge is 2.27. The predicted molar refractivity (Wildman–Crippen MR) is 117 cm³/mol. The van der Waals surface area contributed by atoms with E-state index in [-0.39, 0.29) is 22.6 Å². The quantitative estimate of drug-likeness (QED) is 0.694. The van der Waals surface area contributed by atoms with Crippen LogP contribution in [-0.4, -0.2) is 48.0 Å². The molecule has 1 saturated heterocycles. The lowest BCUT2D eigenvalue weighted by atomic mass is 9.95. The van der Waals surface area contributed by atoms with Crippen LogP contribution in [0.1, 0.15) is 36.2 Å². The molecule has 0 radical (unpaired) electrons. The van der Waals surface area contributed by atoms with Crippen LogP contribution in [0.3, 0.4) is 0 Å². The molecule has 1 aliphatic heterocycles. The molecule has 1 fully saturated rings. The third-order valence-corrected chi connectivity index (χ3v) is 6.85. The van der Waals surface area contributed by atoms with E-state index in [1.807, 2.05) is 30.5 Å². The van der Waals surface area contributed by atoms with E-state index < -0.39 is 10.0 Å². The van der Waals surface area contributed by atoms with Crippen molar-refractivity contribution in [2.75, 3.05) is 18.4 Å². The normalized spacial score (nSPS) is 15.2. The molecule has 0 bridgehead atoms. The van der Waals surface area contributed by atoms with Crippen molar-refractivity contribution in [1.82, 2.24) is 14.7 Å². The first-order valence-corrected chi connectivity index (χ1v) is 11.8. The van der Waals surface area contributed by atoms with Gasteiger partial charge < -0.3 is 10.2 Å². The van der Waals surface area contributed by atoms with Gasteiger partial charge in [0.25, 0.3) is 0 Å². The van der Waals surface area contributed by atoms with Crippen molar-refractivity contribution in [1.29, 1.82) is 0 Å². The molecule has 1 aliphatic rings. The Hall–Kier alpha value is -2.72. The van der Waals surface area contributed by atoms with Crippen molar-refractivity contribution < 1.29 is 18.0 Å². The number of anilines is 1. The Kier molecular flexibility index (Phi) is 6.80. The lowest BCUT2D eigenvalue weighted by Crippen LogP contribution is -2.41. The number of benzene rings is 1. The summed E-state index contributed by atoms with van der Waals surface area (Å²) in [7, 11) is -1.86. The number of hydrogen-bond donors (Lipinski definition) is 2. The molecule has 2 heterocycles. The maximum Gasteiger partial charge on any atom is 0.238 e. The van der Waals surface area contributed by atoms with Crippen molar-refractivity contribution in [3.05, 3.63) is 41.2 Å². The third-order valence-electron chi connectivity index (χ3n) is 5.92. The smallest absolute Gasteiger partial charge is 0.238 e. The summed E-state index contributed by atoms with van der Waals surface area (Å²) in [4.78, 5) is 27.0. The van der Waals surface area contributed by atoms with E-state index in [1.165, 1.54) is 24.3 Å². The second-order valence-electron chi connectivity index (χ2n) is 7.99. The van der Waals surface area contributed by atoms with Gasteiger partial charge in [-0.25, -0.2) is 13.6 Å². The monoisotopic (exact) mass is 447 g/mol. The molecule has 10 heteroatoms. The molecule has 0 saturated carbocycles. The minimum atomic E-state index is -3.76. The fraction of sp³-hybridized carbons (Fsp3) is 0.476. The molecular formula is C21H29N5O4S. The zero-order valence-corrected chi connectivity index (χ0v) is 18.9. The van der Waals surface area contributed by atoms with Crippen molar-refractivity contribution in [3.8, 4) is 0 Å². The molecule has 31 heavy (non-hydrogen) atoms. The number of nitrogens with one attached hydrogen (secondary N) is 1. The van der Waals surface area contributed by atoms with Gasteiger partial charge in [0.15, 0.2) is 0 Å². The van der Waals surface area contributed by atoms with Gasteiger partial charge in [0.1, 0.15) is 0 Å². The Bertz CT molecular complexity index is 1070. The molecule has 0 spiro atoms. The fourth-order valence-electron chi connectivity index (χ4n) is 3.93. The first kappa shape index (κ1) is 23.0. The number of carbonyl (C=O) groups is 2. The van der Waals surface area contributed by atoms with E-state index in [9.17, 15) is 18.0 Å². The molecule has 0 atom stereocenters. The van der Waals surface area contributed by atoms with E-state index in [4.69, 9.17) is 5.14 Å². The van der Waals surface area contributed by atoms with Crippen LogP contribution >= 0.6 is 0 Å². The number of likely N-dealkylation sites (tertiary alicyclic amines) is 1. The van der Waals surface area contributed by atoms with Crippen molar-refractivity contribution in [3.63, 3.8) is 0 Å². The summed E-state index contributed by atoms with van der Waals surface area (Å²) in [6, 6.07) is 5.74. The number of hydrogen-bond acceptors (Lipinski definition) is 5. The van der Waals surface area contributed by atoms with Gasteiger partial charge in [-0.15, -0.1) is 0 Å². The van der Waals surface area contributed by atoms with Gasteiger partial charge in [-0.05, 0) is 62.9 Å². The molecule has 168 valence electrons. The summed E-state index contributed by atoms with van der Waals surface area (Å²) < 4.78 is 24.5. The summed E-state index contributed by atoms with van der Waals surface area (Å²) in [6.07, 6.45) is 2.29. The van der Waals surface area contributed by atoms with Gasteiger partial charge in [0, 0.05) is 43.9 Å². The predicted octanol–water partition coefficient (Wildman–Crippen LogP) is 1.49. The van der Waals surface area contributed by atoms with E-state index in [1.54, 1.807) is 0 Å². The number of primary sulfonamides is 1. The first-order chi connectivity index (χ1) is 14.6. The van der Waals surface area contributed by atoms with Crippen molar-refractivity contribution >= 4 is 27.5 Å². The zero-order valence-electron chi connectivity index (χ0n) is 18.1. The van der Waals surface area contributed by atoms with Crippen LogP contribution in [-0.2, 0) is 33.1 Å².